The Bertz CT molecular complexity index is 1020. The molecule has 2 aromatic heterocycles. The van der Waals surface area contributed by atoms with Gasteiger partial charge in [-0.25, -0.2) is 9.78 Å². The molecular formula is C24H31N3O5S. The van der Waals surface area contributed by atoms with Gasteiger partial charge in [0.25, 0.3) is 0 Å². The third-order valence-electron chi connectivity index (χ3n) is 4.86. The maximum atomic E-state index is 13.2. The highest BCUT2D eigenvalue weighted by molar-refractivity contribution is 7.09. The summed E-state index contributed by atoms with van der Waals surface area (Å²) in [5, 5.41) is 18.4. The van der Waals surface area contributed by atoms with E-state index in [2.05, 4.69) is 15.6 Å². The number of aliphatic hydroxyl groups is 1. The van der Waals surface area contributed by atoms with Gasteiger partial charge in [0.2, 0.25) is 11.8 Å². The van der Waals surface area contributed by atoms with Crippen LogP contribution in [0.25, 0.3) is 11.1 Å². The van der Waals surface area contributed by atoms with Crippen molar-refractivity contribution in [3.05, 3.63) is 52.5 Å². The number of para-hydroxylation sites is 2. The summed E-state index contributed by atoms with van der Waals surface area (Å²) in [5.74, 6) is -0.271. The topological polar surface area (TPSA) is 114 Å². The third kappa shape index (κ3) is 7.03. The molecule has 0 radical (unpaired) electrons. The number of thiophene rings is 1. The molecule has 33 heavy (non-hydrogen) atoms. The van der Waals surface area contributed by atoms with Crippen LogP contribution in [0.15, 0.2) is 46.2 Å². The van der Waals surface area contributed by atoms with Crippen LogP contribution in [0.4, 0.5) is 4.79 Å². The lowest BCUT2D eigenvalue weighted by molar-refractivity contribution is -0.125. The number of hydrogen-bond donors (Lipinski definition) is 3. The molecule has 3 rings (SSSR count). The number of benzene rings is 1. The summed E-state index contributed by atoms with van der Waals surface area (Å²) in [6, 6.07) is 9.52. The fourth-order valence-electron chi connectivity index (χ4n) is 3.38. The van der Waals surface area contributed by atoms with Gasteiger partial charge in [-0.2, -0.15) is 0 Å². The zero-order chi connectivity index (χ0) is 24.0. The lowest BCUT2D eigenvalue weighted by Crippen LogP contribution is -2.52. The molecule has 0 aliphatic rings. The molecule has 3 N–H and O–H groups in total. The Morgan fingerprint density at radius 3 is 2.58 bits per heavy atom. The lowest BCUT2D eigenvalue weighted by Gasteiger charge is -2.26. The van der Waals surface area contributed by atoms with E-state index < -0.39 is 35.8 Å². The smallest absolute Gasteiger partial charge is 0.408 e. The summed E-state index contributed by atoms with van der Waals surface area (Å²) in [5.41, 5.74) is 0.507. The molecule has 0 aliphatic heterocycles. The first kappa shape index (κ1) is 24.7. The van der Waals surface area contributed by atoms with Crippen molar-refractivity contribution in [2.24, 2.45) is 0 Å². The Hall–Kier alpha value is -2.91. The largest absolute Gasteiger partial charge is 0.444 e. The molecule has 0 bridgehead atoms. The molecule has 0 saturated heterocycles. The summed E-state index contributed by atoms with van der Waals surface area (Å²) in [4.78, 5) is 30.9. The number of alkyl carbamates (subject to hydrolysis) is 1. The summed E-state index contributed by atoms with van der Waals surface area (Å²) >= 11 is 1.50. The fraction of sp³-hybridized carbons (Fsp3) is 0.458. The Morgan fingerprint density at radius 1 is 1.18 bits per heavy atom. The summed E-state index contributed by atoms with van der Waals surface area (Å²) < 4.78 is 11.0. The lowest BCUT2D eigenvalue weighted by atomic mass is 10.0. The van der Waals surface area contributed by atoms with Gasteiger partial charge in [-0.1, -0.05) is 31.5 Å². The van der Waals surface area contributed by atoms with Gasteiger partial charge in [-0.3, -0.25) is 4.79 Å². The number of oxazole rings is 1. The first-order chi connectivity index (χ1) is 15.7. The maximum Gasteiger partial charge on any atom is 0.408 e. The zero-order valence-electron chi connectivity index (χ0n) is 19.3. The van der Waals surface area contributed by atoms with Crippen molar-refractivity contribution in [1.29, 1.82) is 0 Å². The average molecular weight is 474 g/mol. The summed E-state index contributed by atoms with van der Waals surface area (Å²) in [7, 11) is 0. The van der Waals surface area contributed by atoms with Crippen LogP contribution in [-0.2, 0) is 16.0 Å². The van der Waals surface area contributed by atoms with Gasteiger partial charge < -0.3 is 24.9 Å². The van der Waals surface area contributed by atoms with E-state index in [0.29, 0.717) is 23.9 Å². The number of ether oxygens (including phenoxy) is 1. The number of carbonyl (C=O) groups excluding carboxylic acids is 2. The monoisotopic (exact) mass is 473 g/mol. The SMILES string of the molecule is CCC[C@H](NC(=O)C(Cc1cccs1)NC(=O)OC(C)(C)C)[C@H](O)c1nc2ccccc2o1. The van der Waals surface area contributed by atoms with Crippen molar-refractivity contribution in [2.45, 2.75) is 70.7 Å². The molecule has 3 aromatic rings. The molecule has 0 saturated carbocycles. The predicted octanol–water partition coefficient (Wildman–Crippen LogP) is 4.34. The standard InChI is InChI=1S/C24H31N3O5S/c1-5-9-17(20(28)22-26-16-11-6-7-12-19(16)31-22)25-21(29)18(14-15-10-8-13-33-15)27-23(30)32-24(2,3)4/h6-8,10-13,17-18,20,28H,5,9,14H2,1-4H3,(H,25,29)(H,27,30)/t17-,18?,20-/m0/s1. The normalized spacial score (nSPS) is 14.5. The molecular weight excluding hydrogens is 442 g/mol. The molecule has 0 aliphatic carbocycles. The second-order valence-electron chi connectivity index (χ2n) is 8.85. The average Bonchev–Trinajstić information content (AvgIpc) is 3.40. The number of carbonyl (C=O) groups is 2. The van der Waals surface area contributed by atoms with E-state index in [4.69, 9.17) is 9.15 Å². The second-order valence-corrected chi connectivity index (χ2v) is 9.88. The number of nitrogens with zero attached hydrogens (tertiary/aromatic N) is 1. The van der Waals surface area contributed by atoms with Crippen molar-refractivity contribution in [3.8, 4) is 0 Å². The number of aliphatic hydroxyl groups excluding tert-OH is 1. The van der Waals surface area contributed by atoms with Crippen LogP contribution in [-0.4, -0.2) is 39.8 Å². The first-order valence-corrected chi connectivity index (χ1v) is 11.9. The highest BCUT2D eigenvalue weighted by Crippen LogP contribution is 2.24. The van der Waals surface area contributed by atoms with Crippen LogP contribution >= 0.6 is 11.3 Å². The van der Waals surface area contributed by atoms with Gasteiger partial charge in [-0.05, 0) is 50.8 Å². The predicted molar refractivity (Wildman–Crippen MR) is 127 cm³/mol. The van der Waals surface area contributed by atoms with E-state index >= 15 is 0 Å². The summed E-state index contributed by atoms with van der Waals surface area (Å²) in [6.45, 7) is 7.23. The van der Waals surface area contributed by atoms with Gasteiger partial charge in [0.15, 0.2) is 11.7 Å². The number of rotatable bonds is 9. The van der Waals surface area contributed by atoms with Crippen LogP contribution in [0.5, 0.6) is 0 Å². The van der Waals surface area contributed by atoms with E-state index in [0.717, 1.165) is 11.3 Å². The van der Waals surface area contributed by atoms with Crippen molar-refractivity contribution >= 4 is 34.4 Å². The molecule has 1 aromatic carbocycles. The zero-order valence-corrected chi connectivity index (χ0v) is 20.1. The van der Waals surface area contributed by atoms with Gasteiger partial charge in [0, 0.05) is 11.3 Å². The third-order valence-corrected chi connectivity index (χ3v) is 5.76. The van der Waals surface area contributed by atoms with Crippen LogP contribution < -0.4 is 10.6 Å². The second kappa shape index (κ2) is 10.8. The van der Waals surface area contributed by atoms with E-state index in [9.17, 15) is 14.7 Å². The molecule has 1 unspecified atom stereocenters. The number of aromatic nitrogens is 1. The van der Waals surface area contributed by atoms with Gasteiger partial charge in [-0.15, -0.1) is 11.3 Å². The molecule has 2 heterocycles. The van der Waals surface area contributed by atoms with Crippen molar-refractivity contribution < 1.29 is 23.8 Å². The molecule has 178 valence electrons. The number of fused-ring (bicyclic) bond motifs is 1. The van der Waals surface area contributed by atoms with E-state index in [1.807, 2.05) is 36.6 Å². The molecule has 3 atom stereocenters. The molecule has 9 heteroatoms. The minimum atomic E-state index is -1.13. The van der Waals surface area contributed by atoms with E-state index in [1.54, 1.807) is 32.9 Å². The van der Waals surface area contributed by atoms with Crippen molar-refractivity contribution in [3.63, 3.8) is 0 Å². The molecule has 2 amide bonds. The Kier molecular flexibility index (Phi) is 8.10. The number of amides is 2. The van der Waals surface area contributed by atoms with Gasteiger partial charge in [0.05, 0.1) is 6.04 Å². The molecule has 0 fully saturated rings. The van der Waals surface area contributed by atoms with Crippen LogP contribution in [0, 0.1) is 0 Å². The molecule has 0 spiro atoms. The fourth-order valence-corrected chi connectivity index (χ4v) is 4.13. The number of nitrogens with one attached hydrogen (secondary N) is 2. The van der Waals surface area contributed by atoms with Crippen LogP contribution in [0.3, 0.4) is 0 Å². The highest BCUT2D eigenvalue weighted by Gasteiger charge is 2.31. The Labute approximate surface area is 197 Å². The molecule has 8 nitrogen and oxygen atoms in total. The Morgan fingerprint density at radius 2 is 1.94 bits per heavy atom. The van der Waals surface area contributed by atoms with Crippen LogP contribution in [0.1, 0.15) is 57.4 Å². The van der Waals surface area contributed by atoms with Crippen LogP contribution in [0.2, 0.25) is 0 Å². The summed E-state index contributed by atoms with van der Waals surface area (Å²) in [6.07, 6.45) is -0.280. The minimum Gasteiger partial charge on any atom is -0.444 e. The minimum absolute atomic E-state index is 0.143. The number of hydrogen-bond acceptors (Lipinski definition) is 7. The van der Waals surface area contributed by atoms with E-state index in [-0.39, 0.29) is 5.89 Å². The van der Waals surface area contributed by atoms with Gasteiger partial charge >= 0.3 is 6.09 Å². The first-order valence-electron chi connectivity index (χ1n) is 11.0. The highest BCUT2D eigenvalue weighted by atomic mass is 32.1. The van der Waals surface area contributed by atoms with Crippen molar-refractivity contribution in [1.82, 2.24) is 15.6 Å². The van der Waals surface area contributed by atoms with Gasteiger partial charge in [0.1, 0.15) is 17.2 Å². The Balaban J connectivity index is 1.76. The maximum absolute atomic E-state index is 13.2. The van der Waals surface area contributed by atoms with E-state index in [1.165, 1.54) is 11.3 Å². The quantitative estimate of drug-likeness (QED) is 0.426. The van der Waals surface area contributed by atoms with Crippen molar-refractivity contribution in [2.75, 3.05) is 0 Å².